The molecular formula is C23H31N2O2+. The van der Waals surface area contributed by atoms with Crippen molar-refractivity contribution in [3.05, 3.63) is 60.1 Å². The normalized spacial score (nSPS) is 24.1. The number of benzene rings is 1. The molecule has 0 radical (unpaired) electrons. The average Bonchev–Trinajstić information content (AvgIpc) is 3.22. The number of furan rings is 1. The molecule has 1 N–H and O–H groups in total. The summed E-state index contributed by atoms with van der Waals surface area (Å²) < 4.78 is 5.49. The lowest BCUT2D eigenvalue weighted by Gasteiger charge is -2.36. The zero-order valence-electron chi connectivity index (χ0n) is 16.1. The molecule has 4 heteroatoms. The van der Waals surface area contributed by atoms with Gasteiger partial charge in [-0.05, 0) is 55.7 Å². The minimum Gasteiger partial charge on any atom is -0.463 e. The Morgan fingerprint density at radius 2 is 1.89 bits per heavy atom. The number of quaternary nitrogens is 1. The van der Waals surface area contributed by atoms with E-state index in [1.54, 1.807) is 6.26 Å². The Morgan fingerprint density at radius 3 is 2.63 bits per heavy atom. The fourth-order valence-corrected chi connectivity index (χ4v) is 4.75. The van der Waals surface area contributed by atoms with Crippen molar-refractivity contribution in [3.63, 3.8) is 0 Å². The summed E-state index contributed by atoms with van der Waals surface area (Å²) >= 11 is 0. The largest absolute Gasteiger partial charge is 0.463 e. The monoisotopic (exact) mass is 367 g/mol. The second kappa shape index (κ2) is 8.75. The SMILES string of the molecule is O=C([C@@H]1CCC[NH+](Cc2ccco2)C1)N1CCC(Cc2ccccc2)CC1. The van der Waals surface area contributed by atoms with Crippen LogP contribution in [-0.2, 0) is 17.8 Å². The third-order valence-electron chi connectivity index (χ3n) is 6.26. The van der Waals surface area contributed by atoms with Gasteiger partial charge in [-0.2, -0.15) is 0 Å². The van der Waals surface area contributed by atoms with Crippen LogP contribution in [0.4, 0.5) is 0 Å². The van der Waals surface area contributed by atoms with E-state index in [0.29, 0.717) is 11.8 Å². The Balaban J connectivity index is 1.26. The molecule has 1 aromatic carbocycles. The lowest BCUT2D eigenvalue weighted by Crippen LogP contribution is -3.12. The van der Waals surface area contributed by atoms with Crippen molar-refractivity contribution in [2.75, 3.05) is 26.2 Å². The number of hydrogen-bond donors (Lipinski definition) is 1. The third kappa shape index (κ3) is 4.81. The molecule has 3 heterocycles. The summed E-state index contributed by atoms with van der Waals surface area (Å²) in [5.74, 6) is 2.32. The van der Waals surface area contributed by atoms with Crippen LogP contribution in [-0.4, -0.2) is 37.0 Å². The number of carbonyl (C=O) groups excluding carboxylic acids is 1. The van der Waals surface area contributed by atoms with Crippen molar-refractivity contribution < 1.29 is 14.1 Å². The molecule has 2 aliphatic heterocycles. The van der Waals surface area contributed by atoms with Crippen molar-refractivity contribution in [3.8, 4) is 0 Å². The van der Waals surface area contributed by atoms with E-state index in [-0.39, 0.29) is 5.92 Å². The van der Waals surface area contributed by atoms with Crippen LogP contribution >= 0.6 is 0 Å². The predicted octanol–water partition coefficient (Wildman–Crippen LogP) is 2.56. The van der Waals surface area contributed by atoms with E-state index < -0.39 is 0 Å². The number of nitrogens with one attached hydrogen (secondary N) is 1. The first kappa shape index (κ1) is 18.3. The maximum absolute atomic E-state index is 13.1. The molecule has 27 heavy (non-hydrogen) atoms. The fourth-order valence-electron chi connectivity index (χ4n) is 4.75. The number of piperidine rings is 2. The Morgan fingerprint density at radius 1 is 1.07 bits per heavy atom. The smallest absolute Gasteiger partial charge is 0.231 e. The summed E-state index contributed by atoms with van der Waals surface area (Å²) in [7, 11) is 0. The highest BCUT2D eigenvalue weighted by atomic mass is 16.3. The minimum absolute atomic E-state index is 0.189. The molecule has 0 saturated carbocycles. The third-order valence-corrected chi connectivity index (χ3v) is 6.26. The first-order valence-electron chi connectivity index (χ1n) is 10.5. The van der Waals surface area contributed by atoms with Gasteiger partial charge >= 0.3 is 0 Å². The standard InChI is InChI=1S/C23H30N2O2/c26-23(21-8-4-12-24(17-21)18-22-9-5-15-27-22)25-13-10-20(11-14-25)16-19-6-2-1-3-7-19/h1-3,5-7,9,15,20-21H,4,8,10-14,16-18H2/p+1/t21-/m1/s1. The molecule has 2 atom stereocenters. The number of nitrogens with zero attached hydrogens (tertiary/aromatic N) is 1. The molecule has 0 aliphatic carbocycles. The molecule has 0 spiro atoms. The van der Waals surface area contributed by atoms with Crippen LogP contribution in [0.25, 0.3) is 0 Å². The molecule has 4 nitrogen and oxygen atoms in total. The zero-order chi connectivity index (χ0) is 18.5. The van der Waals surface area contributed by atoms with Gasteiger partial charge in [-0.3, -0.25) is 4.79 Å². The van der Waals surface area contributed by atoms with Crippen molar-refractivity contribution >= 4 is 5.91 Å². The van der Waals surface area contributed by atoms with Gasteiger partial charge in [0.1, 0.15) is 6.54 Å². The lowest BCUT2D eigenvalue weighted by molar-refractivity contribution is -0.922. The van der Waals surface area contributed by atoms with Crippen LogP contribution in [0.3, 0.4) is 0 Å². The quantitative estimate of drug-likeness (QED) is 0.882. The fraction of sp³-hybridized carbons (Fsp3) is 0.522. The molecule has 4 rings (SSSR count). The van der Waals surface area contributed by atoms with E-state index in [0.717, 1.165) is 70.6 Å². The van der Waals surface area contributed by atoms with Crippen LogP contribution in [0.2, 0.25) is 0 Å². The van der Waals surface area contributed by atoms with E-state index >= 15 is 0 Å². The van der Waals surface area contributed by atoms with Crippen molar-refractivity contribution in [1.29, 1.82) is 0 Å². The molecule has 2 saturated heterocycles. The van der Waals surface area contributed by atoms with Gasteiger partial charge in [-0.1, -0.05) is 30.3 Å². The Kier molecular flexibility index (Phi) is 5.93. The summed E-state index contributed by atoms with van der Waals surface area (Å²) in [6, 6.07) is 14.7. The van der Waals surface area contributed by atoms with E-state index in [1.807, 2.05) is 12.1 Å². The summed E-state index contributed by atoms with van der Waals surface area (Å²) in [5, 5.41) is 0. The first-order chi connectivity index (χ1) is 13.3. The van der Waals surface area contributed by atoms with E-state index in [2.05, 4.69) is 35.2 Å². The van der Waals surface area contributed by atoms with Crippen LogP contribution in [0.1, 0.15) is 37.0 Å². The topological polar surface area (TPSA) is 37.9 Å². The maximum atomic E-state index is 13.1. The summed E-state index contributed by atoms with van der Waals surface area (Å²) in [6.07, 6.45) is 7.34. The van der Waals surface area contributed by atoms with Gasteiger partial charge in [0, 0.05) is 13.1 Å². The van der Waals surface area contributed by atoms with E-state index in [9.17, 15) is 4.79 Å². The summed E-state index contributed by atoms with van der Waals surface area (Å²) in [6.45, 7) is 4.85. The molecule has 0 bridgehead atoms. The van der Waals surface area contributed by atoms with Gasteiger partial charge in [-0.25, -0.2) is 0 Å². The molecule has 1 aromatic heterocycles. The highest BCUT2D eigenvalue weighted by molar-refractivity contribution is 5.79. The van der Waals surface area contributed by atoms with Gasteiger partial charge in [0.2, 0.25) is 5.91 Å². The Hall–Kier alpha value is -2.07. The van der Waals surface area contributed by atoms with Gasteiger partial charge in [0.15, 0.2) is 5.76 Å². The average molecular weight is 368 g/mol. The molecule has 2 fully saturated rings. The van der Waals surface area contributed by atoms with Crippen molar-refractivity contribution in [1.82, 2.24) is 4.90 Å². The minimum atomic E-state index is 0.189. The number of carbonyl (C=O) groups is 1. The van der Waals surface area contributed by atoms with Gasteiger partial charge in [0.05, 0.1) is 25.3 Å². The van der Waals surface area contributed by atoms with Crippen LogP contribution < -0.4 is 4.90 Å². The molecule has 1 amide bonds. The van der Waals surface area contributed by atoms with Crippen LogP contribution in [0.5, 0.6) is 0 Å². The molecule has 144 valence electrons. The van der Waals surface area contributed by atoms with Crippen molar-refractivity contribution in [2.45, 2.75) is 38.6 Å². The highest BCUT2D eigenvalue weighted by Crippen LogP contribution is 2.23. The molecular weight excluding hydrogens is 336 g/mol. The molecule has 1 unspecified atom stereocenters. The summed E-state index contributed by atoms with van der Waals surface area (Å²) in [4.78, 5) is 16.7. The van der Waals surface area contributed by atoms with E-state index in [1.165, 1.54) is 10.5 Å². The number of hydrogen-bond acceptors (Lipinski definition) is 2. The van der Waals surface area contributed by atoms with Gasteiger partial charge in [-0.15, -0.1) is 0 Å². The number of likely N-dealkylation sites (tertiary alicyclic amines) is 2. The van der Waals surface area contributed by atoms with Gasteiger partial charge in [0.25, 0.3) is 0 Å². The van der Waals surface area contributed by atoms with E-state index in [4.69, 9.17) is 4.42 Å². The summed E-state index contributed by atoms with van der Waals surface area (Å²) in [5.41, 5.74) is 1.42. The molecule has 2 aliphatic rings. The zero-order valence-corrected chi connectivity index (χ0v) is 16.1. The maximum Gasteiger partial charge on any atom is 0.231 e. The van der Waals surface area contributed by atoms with Crippen molar-refractivity contribution in [2.24, 2.45) is 11.8 Å². The Bertz CT molecular complexity index is 705. The lowest BCUT2D eigenvalue weighted by atomic mass is 9.89. The second-order valence-corrected chi connectivity index (χ2v) is 8.26. The predicted molar refractivity (Wildman–Crippen MR) is 105 cm³/mol. The van der Waals surface area contributed by atoms with Crippen LogP contribution in [0.15, 0.2) is 53.1 Å². The number of amides is 1. The second-order valence-electron chi connectivity index (χ2n) is 8.26. The van der Waals surface area contributed by atoms with Gasteiger partial charge < -0.3 is 14.2 Å². The Labute approximate surface area is 162 Å². The molecule has 2 aromatic rings. The highest BCUT2D eigenvalue weighted by Gasteiger charge is 2.33. The number of rotatable bonds is 5. The first-order valence-corrected chi connectivity index (χ1v) is 10.5. The van der Waals surface area contributed by atoms with Crippen LogP contribution in [0, 0.1) is 11.8 Å².